The van der Waals surface area contributed by atoms with E-state index in [1.807, 2.05) is 0 Å². The molecular formula is C11H15BrFN3O4S. The van der Waals surface area contributed by atoms with Gasteiger partial charge >= 0.3 is 0 Å². The molecule has 0 saturated carbocycles. The van der Waals surface area contributed by atoms with Gasteiger partial charge in [-0.2, -0.15) is 0 Å². The molecule has 1 amide bonds. The van der Waals surface area contributed by atoms with Gasteiger partial charge in [0.2, 0.25) is 15.9 Å². The molecule has 1 aromatic rings. The molecule has 10 heteroatoms. The Kier molecular flexibility index (Phi) is 6.52. The van der Waals surface area contributed by atoms with E-state index in [2.05, 4.69) is 26.0 Å². The molecule has 4 N–H and O–H groups in total. The van der Waals surface area contributed by atoms with E-state index in [-0.39, 0.29) is 21.6 Å². The summed E-state index contributed by atoms with van der Waals surface area (Å²) in [6.07, 6.45) is 0. The highest BCUT2D eigenvalue weighted by molar-refractivity contribution is 9.10. The van der Waals surface area contributed by atoms with E-state index in [0.29, 0.717) is 6.61 Å². The van der Waals surface area contributed by atoms with Crippen molar-refractivity contribution < 1.29 is 22.3 Å². The highest BCUT2D eigenvalue weighted by Gasteiger charge is 2.20. The number of methoxy groups -OCH3 is 1. The van der Waals surface area contributed by atoms with Crippen molar-refractivity contribution in [3.05, 3.63) is 22.4 Å². The minimum atomic E-state index is -4.02. The van der Waals surface area contributed by atoms with Gasteiger partial charge in [0.05, 0.1) is 23.3 Å². The third-order valence-electron chi connectivity index (χ3n) is 2.39. The number of benzene rings is 1. The summed E-state index contributed by atoms with van der Waals surface area (Å²) in [6.45, 7) is 0.123. The van der Waals surface area contributed by atoms with Crippen molar-refractivity contribution in [3.63, 3.8) is 0 Å². The lowest BCUT2D eigenvalue weighted by Crippen LogP contribution is -2.38. The minimum absolute atomic E-state index is 0.0402. The average Bonchev–Trinajstić information content (AvgIpc) is 2.41. The van der Waals surface area contributed by atoms with Crippen LogP contribution in [-0.4, -0.2) is 41.1 Å². The lowest BCUT2D eigenvalue weighted by molar-refractivity contribution is -0.120. The molecule has 0 aliphatic heterocycles. The zero-order valence-corrected chi connectivity index (χ0v) is 13.6. The Balaban J connectivity index is 2.74. The van der Waals surface area contributed by atoms with E-state index in [0.717, 1.165) is 12.1 Å². The number of sulfonamides is 1. The molecule has 0 spiro atoms. The van der Waals surface area contributed by atoms with E-state index < -0.39 is 28.3 Å². The van der Waals surface area contributed by atoms with Gasteiger partial charge in [0.25, 0.3) is 0 Å². The number of anilines is 1. The second-order valence-electron chi connectivity index (χ2n) is 3.97. The van der Waals surface area contributed by atoms with Crippen molar-refractivity contribution in [1.29, 1.82) is 0 Å². The average molecular weight is 384 g/mol. The SMILES string of the molecule is COCCNC(=O)CNS(=O)(=O)c1cc(Br)c(F)cc1N. The molecule has 0 atom stereocenters. The summed E-state index contributed by atoms with van der Waals surface area (Å²) in [5, 5.41) is 2.45. The first kappa shape index (κ1) is 17.8. The van der Waals surface area contributed by atoms with Crippen molar-refractivity contribution in [2.24, 2.45) is 0 Å². The van der Waals surface area contributed by atoms with Gasteiger partial charge < -0.3 is 15.8 Å². The number of hydrogen-bond acceptors (Lipinski definition) is 5. The topological polar surface area (TPSA) is 111 Å². The van der Waals surface area contributed by atoms with Crippen LogP contribution in [0.5, 0.6) is 0 Å². The van der Waals surface area contributed by atoms with Crippen molar-refractivity contribution in [2.75, 3.05) is 32.5 Å². The summed E-state index contributed by atoms with van der Waals surface area (Å²) in [5.74, 6) is -1.20. The summed E-state index contributed by atoms with van der Waals surface area (Å²) >= 11 is 2.88. The quantitative estimate of drug-likeness (QED) is 0.460. The minimum Gasteiger partial charge on any atom is -0.398 e. The molecule has 0 saturated heterocycles. The van der Waals surface area contributed by atoms with Gasteiger partial charge in [-0.05, 0) is 28.1 Å². The fraction of sp³-hybridized carbons (Fsp3) is 0.364. The van der Waals surface area contributed by atoms with Gasteiger partial charge in [0.1, 0.15) is 10.7 Å². The molecule has 0 heterocycles. The number of carbonyl (C=O) groups is 1. The van der Waals surface area contributed by atoms with Crippen LogP contribution < -0.4 is 15.8 Å². The summed E-state index contributed by atoms with van der Waals surface area (Å²) in [5.41, 5.74) is 5.24. The molecule has 1 rings (SSSR count). The van der Waals surface area contributed by atoms with Crippen molar-refractivity contribution >= 4 is 37.5 Å². The third kappa shape index (κ3) is 5.23. The van der Waals surface area contributed by atoms with Crippen LogP contribution in [0, 0.1) is 5.82 Å². The molecule has 0 bridgehead atoms. The molecule has 0 aliphatic carbocycles. The van der Waals surface area contributed by atoms with E-state index in [4.69, 9.17) is 10.5 Å². The van der Waals surface area contributed by atoms with E-state index >= 15 is 0 Å². The van der Waals surface area contributed by atoms with Gasteiger partial charge in [0.15, 0.2) is 0 Å². The molecule has 0 aromatic heterocycles. The Labute approximate surface area is 130 Å². The molecule has 0 aliphatic rings. The first-order valence-electron chi connectivity index (χ1n) is 5.77. The van der Waals surface area contributed by atoms with Gasteiger partial charge in [-0.25, -0.2) is 17.5 Å². The van der Waals surface area contributed by atoms with Crippen molar-refractivity contribution in [1.82, 2.24) is 10.0 Å². The Morgan fingerprint density at radius 2 is 2.14 bits per heavy atom. The molecule has 7 nitrogen and oxygen atoms in total. The van der Waals surface area contributed by atoms with E-state index in [9.17, 15) is 17.6 Å². The van der Waals surface area contributed by atoms with Crippen LogP contribution in [0.1, 0.15) is 0 Å². The Hall–Kier alpha value is -1.23. The van der Waals surface area contributed by atoms with Gasteiger partial charge in [-0.15, -0.1) is 0 Å². The fourth-order valence-corrected chi connectivity index (χ4v) is 2.98. The largest absolute Gasteiger partial charge is 0.398 e. The highest BCUT2D eigenvalue weighted by Crippen LogP contribution is 2.25. The zero-order valence-electron chi connectivity index (χ0n) is 11.2. The second kappa shape index (κ2) is 7.69. The Morgan fingerprint density at radius 3 is 2.76 bits per heavy atom. The number of nitrogens with two attached hydrogens (primary N) is 1. The first-order chi connectivity index (χ1) is 9.77. The van der Waals surface area contributed by atoms with Crippen LogP contribution in [0.4, 0.5) is 10.1 Å². The predicted molar refractivity (Wildman–Crippen MR) is 78.6 cm³/mol. The Morgan fingerprint density at radius 1 is 1.48 bits per heavy atom. The van der Waals surface area contributed by atoms with Gasteiger partial charge in [0, 0.05) is 13.7 Å². The van der Waals surface area contributed by atoms with Crippen molar-refractivity contribution in [2.45, 2.75) is 4.90 Å². The smallest absolute Gasteiger partial charge is 0.243 e. The van der Waals surface area contributed by atoms with Gasteiger partial charge in [-0.1, -0.05) is 0 Å². The third-order valence-corrected chi connectivity index (χ3v) is 4.46. The molecular weight excluding hydrogens is 369 g/mol. The van der Waals surface area contributed by atoms with Gasteiger partial charge in [-0.3, -0.25) is 4.79 Å². The number of nitrogens with one attached hydrogen (secondary N) is 2. The normalized spacial score (nSPS) is 11.4. The number of rotatable bonds is 7. The van der Waals surface area contributed by atoms with Crippen LogP contribution in [0.2, 0.25) is 0 Å². The maximum atomic E-state index is 13.2. The molecule has 118 valence electrons. The van der Waals surface area contributed by atoms with Crippen LogP contribution in [0.15, 0.2) is 21.5 Å². The molecule has 0 radical (unpaired) electrons. The molecule has 1 aromatic carbocycles. The van der Waals surface area contributed by atoms with Crippen LogP contribution in [0.25, 0.3) is 0 Å². The molecule has 0 fully saturated rings. The van der Waals surface area contributed by atoms with Crippen molar-refractivity contribution in [3.8, 4) is 0 Å². The number of amides is 1. The number of carbonyl (C=O) groups excluding carboxylic acids is 1. The van der Waals surface area contributed by atoms with Crippen LogP contribution >= 0.6 is 15.9 Å². The number of halogens is 2. The van der Waals surface area contributed by atoms with Crippen LogP contribution in [-0.2, 0) is 19.6 Å². The lowest BCUT2D eigenvalue weighted by atomic mass is 10.3. The second-order valence-corrected chi connectivity index (χ2v) is 6.56. The van der Waals surface area contributed by atoms with E-state index in [1.54, 1.807) is 0 Å². The highest BCUT2D eigenvalue weighted by atomic mass is 79.9. The zero-order chi connectivity index (χ0) is 16.0. The standard InChI is InChI=1S/C11H15BrFN3O4S/c1-20-3-2-15-11(17)6-16-21(18,19)10-4-7(12)8(13)5-9(10)14/h4-5,16H,2-3,6,14H2,1H3,(H,15,17). The summed E-state index contributed by atoms with van der Waals surface area (Å²) in [7, 11) is -2.54. The monoisotopic (exact) mass is 383 g/mol. The summed E-state index contributed by atoms with van der Waals surface area (Å²) in [6, 6.07) is 1.92. The number of ether oxygens (including phenoxy) is 1. The summed E-state index contributed by atoms with van der Waals surface area (Å²) < 4.78 is 44.0. The maximum absolute atomic E-state index is 13.2. The summed E-state index contributed by atoms with van der Waals surface area (Å²) in [4.78, 5) is 11.1. The fourth-order valence-electron chi connectivity index (χ4n) is 1.37. The molecule has 0 unspecified atom stereocenters. The molecule has 21 heavy (non-hydrogen) atoms. The van der Waals surface area contributed by atoms with Crippen LogP contribution in [0.3, 0.4) is 0 Å². The number of hydrogen-bond donors (Lipinski definition) is 3. The lowest BCUT2D eigenvalue weighted by Gasteiger charge is -2.10. The predicted octanol–water partition coefficient (Wildman–Crippen LogP) is 0.211. The van der Waals surface area contributed by atoms with E-state index in [1.165, 1.54) is 7.11 Å². The Bertz CT molecular complexity index is 624. The maximum Gasteiger partial charge on any atom is 0.243 e. The number of nitrogen functional groups attached to an aromatic ring is 1. The first-order valence-corrected chi connectivity index (χ1v) is 8.05.